The standard InChI is InChI=1S/2C9H21P.CO.ClH.Ru.H/c2*1-7(2)10(8(3)4)9(5)6;1-2;;;/h2*7-9H,1-6H3;;1H;;/q;;;;+1;/p-1. The summed E-state index contributed by atoms with van der Waals surface area (Å²) in [5, 5.41) is 0. The van der Waals surface area contributed by atoms with E-state index in [2.05, 4.69) is 99.6 Å². The van der Waals surface area contributed by atoms with E-state index in [1.54, 1.807) is 17.3 Å². The fourth-order valence-electron chi connectivity index (χ4n) is 3.58. The molecular formula is C19H43ClOP2Ru. The van der Waals surface area contributed by atoms with Gasteiger partial charge in [0.15, 0.2) is 0 Å². The molecule has 0 heterocycles. The number of hydrogen-bond acceptors (Lipinski definition) is 1. The molecule has 0 aromatic heterocycles. The van der Waals surface area contributed by atoms with E-state index >= 15 is 0 Å². The molecule has 150 valence electrons. The Labute approximate surface area is 171 Å². The van der Waals surface area contributed by atoms with E-state index in [-0.39, 0.29) is 15.8 Å². The summed E-state index contributed by atoms with van der Waals surface area (Å²) in [6.07, 6.45) is 0. The van der Waals surface area contributed by atoms with Gasteiger partial charge in [0.1, 0.15) is 0 Å². The fourth-order valence-corrected chi connectivity index (χ4v) is 10.7. The molecular weight excluding hydrogens is 443 g/mol. The molecule has 24 heavy (non-hydrogen) atoms. The van der Waals surface area contributed by atoms with Crippen LogP contribution in [-0.4, -0.2) is 40.7 Å². The first-order valence-corrected chi connectivity index (χ1v) is 14.3. The van der Waals surface area contributed by atoms with Crippen LogP contribution in [0.5, 0.6) is 0 Å². The zero-order chi connectivity index (χ0) is 20.6. The Balaban J connectivity index is -0.000000138. The van der Waals surface area contributed by atoms with Gasteiger partial charge in [-0.15, -0.1) is 0 Å². The van der Waals surface area contributed by atoms with Crippen molar-refractivity contribution in [3.05, 3.63) is 0 Å². The van der Waals surface area contributed by atoms with Gasteiger partial charge in [-0.3, -0.25) is 4.79 Å². The van der Waals surface area contributed by atoms with Gasteiger partial charge in [-0.1, -0.05) is 98.9 Å². The second-order valence-corrected chi connectivity index (χ2v) is 15.4. The van der Waals surface area contributed by atoms with E-state index in [0.717, 1.165) is 34.0 Å². The Morgan fingerprint density at radius 3 is 0.583 bits per heavy atom. The van der Waals surface area contributed by atoms with Gasteiger partial charge in [0.2, 0.25) is 0 Å². The molecule has 0 aromatic carbocycles. The molecule has 0 rings (SSSR count). The summed E-state index contributed by atoms with van der Waals surface area (Å²) < 4.78 is 0. The Morgan fingerprint density at radius 1 is 0.500 bits per heavy atom. The van der Waals surface area contributed by atoms with Crippen LogP contribution in [0.1, 0.15) is 83.1 Å². The molecule has 0 N–H and O–H groups in total. The maximum atomic E-state index is 7.50. The summed E-state index contributed by atoms with van der Waals surface area (Å²) in [6.45, 7) is 32.7. The molecule has 0 saturated carbocycles. The van der Waals surface area contributed by atoms with Crippen molar-refractivity contribution in [2.75, 3.05) is 0 Å². The normalized spacial score (nSPS) is 11.0. The van der Waals surface area contributed by atoms with E-state index in [4.69, 9.17) is 4.79 Å². The molecule has 0 fully saturated rings. The third-order valence-electron chi connectivity index (χ3n) is 3.58. The molecule has 0 bridgehead atoms. The van der Waals surface area contributed by atoms with Crippen molar-refractivity contribution in [3.63, 3.8) is 0 Å². The van der Waals surface area contributed by atoms with E-state index in [9.17, 15) is 0 Å². The molecule has 0 unspecified atom stereocenters. The monoisotopic (exact) mass is 486 g/mol. The summed E-state index contributed by atoms with van der Waals surface area (Å²) in [6, 6.07) is 0. The van der Waals surface area contributed by atoms with Crippen molar-refractivity contribution >= 4 is 32.3 Å². The Bertz CT molecular complexity index is 185. The molecule has 0 saturated heterocycles. The Kier molecular flexibility index (Phi) is 28.6. The molecule has 0 aliphatic carbocycles. The predicted molar refractivity (Wildman–Crippen MR) is 118 cm³/mol. The van der Waals surface area contributed by atoms with Crippen molar-refractivity contribution in [1.82, 2.24) is 0 Å². The van der Waals surface area contributed by atoms with Gasteiger partial charge < -0.3 is 0 Å². The Hall–Kier alpha value is 1.44. The second kappa shape index (κ2) is 20.8. The van der Waals surface area contributed by atoms with Crippen LogP contribution in [0.2, 0.25) is 0 Å². The van der Waals surface area contributed by atoms with Gasteiger partial charge >= 0.3 is 27.0 Å². The summed E-state index contributed by atoms with van der Waals surface area (Å²) in [5.41, 5.74) is 5.39. The van der Waals surface area contributed by atoms with Crippen LogP contribution in [0.25, 0.3) is 0 Å². The van der Waals surface area contributed by atoms with Gasteiger partial charge in [0.25, 0.3) is 6.79 Å². The van der Waals surface area contributed by atoms with Crippen molar-refractivity contribution in [1.29, 1.82) is 0 Å². The number of rotatable bonds is 6. The minimum atomic E-state index is 0.262. The quantitative estimate of drug-likeness (QED) is 0.283. The van der Waals surface area contributed by atoms with Crippen LogP contribution >= 0.6 is 25.5 Å². The van der Waals surface area contributed by atoms with Crippen LogP contribution in [0, 0.1) is 0 Å². The van der Waals surface area contributed by atoms with Crippen molar-refractivity contribution in [2.24, 2.45) is 0 Å². The third-order valence-corrected chi connectivity index (χ3v) is 10.7. The molecule has 5 heteroatoms. The number of carbonyl (C=O) groups excluding carboxylic acids is 1. The summed E-state index contributed by atoms with van der Waals surface area (Å²) in [5.74, 6) is 0. The zero-order valence-corrected chi connectivity index (χ0v) is 22.4. The zero-order valence-electron chi connectivity index (χ0n) is 18.0. The van der Waals surface area contributed by atoms with Crippen LogP contribution in [0.4, 0.5) is 0 Å². The van der Waals surface area contributed by atoms with E-state index in [0.29, 0.717) is 0 Å². The number of halogens is 1. The average molecular weight is 486 g/mol. The van der Waals surface area contributed by atoms with Gasteiger partial charge in [0, 0.05) is 0 Å². The van der Waals surface area contributed by atoms with Gasteiger partial charge in [-0.05, 0) is 34.0 Å². The maximum absolute atomic E-state index is 7.50. The molecule has 0 aliphatic heterocycles. The molecule has 0 spiro atoms. The van der Waals surface area contributed by atoms with Crippen molar-refractivity contribution in [2.45, 2.75) is 117 Å². The van der Waals surface area contributed by atoms with Crippen molar-refractivity contribution in [3.8, 4) is 0 Å². The summed E-state index contributed by atoms with van der Waals surface area (Å²) in [7, 11) is 5.13. The van der Waals surface area contributed by atoms with E-state index in [1.165, 1.54) is 0 Å². The van der Waals surface area contributed by atoms with E-state index in [1.807, 2.05) is 0 Å². The summed E-state index contributed by atoms with van der Waals surface area (Å²) in [4.78, 5) is 7.50. The average Bonchev–Trinajstić information content (AvgIpc) is 2.40. The van der Waals surface area contributed by atoms with Crippen LogP contribution < -0.4 is 0 Å². The van der Waals surface area contributed by atoms with Gasteiger partial charge in [-0.2, -0.15) is 0 Å². The first-order valence-electron chi connectivity index (χ1n) is 8.82. The molecule has 1 nitrogen and oxygen atoms in total. The first-order chi connectivity index (χ1) is 10.9. The predicted octanol–water partition coefficient (Wildman–Crippen LogP) is 7.41. The summed E-state index contributed by atoms with van der Waals surface area (Å²) >= 11 is 1.62. The van der Waals surface area contributed by atoms with Gasteiger partial charge in [-0.25, -0.2) is 0 Å². The van der Waals surface area contributed by atoms with Crippen LogP contribution in [-0.2, 0) is 22.1 Å². The van der Waals surface area contributed by atoms with Gasteiger partial charge in [0.05, 0.1) is 0 Å². The number of hydrogen-bond donors (Lipinski definition) is 0. The van der Waals surface area contributed by atoms with E-state index < -0.39 is 0 Å². The van der Waals surface area contributed by atoms with Crippen LogP contribution in [0.3, 0.4) is 0 Å². The molecule has 0 aromatic rings. The molecule has 0 atom stereocenters. The van der Waals surface area contributed by atoms with Crippen molar-refractivity contribution < 1.29 is 22.1 Å². The SMILES string of the molecule is CC(C)P(C(C)C)C(C)C.CC(C)P(C(C)C)C(C)C.[C]=O.[Cl][RuH]. The molecule has 2 radical (unpaired) electrons. The third kappa shape index (κ3) is 18.2. The molecule has 0 aliphatic rings. The fraction of sp³-hybridized carbons (Fsp3) is 0.947. The second-order valence-electron chi connectivity index (χ2n) is 7.46. The Morgan fingerprint density at radius 2 is 0.583 bits per heavy atom. The minimum absolute atomic E-state index is 0.262. The topological polar surface area (TPSA) is 17.1 Å². The van der Waals surface area contributed by atoms with Crippen LogP contribution in [0.15, 0.2) is 0 Å². The first kappa shape index (κ1) is 33.1. The molecule has 0 amide bonds.